The van der Waals surface area contributed by atoms with E-state index in [0.717, 1.165) is 5.56 Å². The summed E-state index contributed by atoms with van der Waals surface area (Å²) >= 11 is 0. The largest absolute Gasteiger partial charge is 0.495 e. The van der Waals surface area contributed by atoms with Crippen molar-refractivity contribution in [1.29, 1.82) is 0 Å². The lowest BCUT2D eigenvalue weighted by Crippen LogP contribution is -2.35. The molecule has 1 amide bonds. The van der Waals surface area contributed by atoms with Crippen LogP contribution in [0.4, 0.5) is 5.69 Å². The van der Waals surface area contributed by atoms with Crippen LogP contribution in [0.5, 0.6) is 5.75 Å². The lowest BCUT2D eigenvalue weighted by atomic mass is 10.1. The van der Waals surface area contributed by atoms with Crippen molar-refractivity contribution in [2.45, 2.75) is 40.2 Å². The third-order valence-electron chi connectivity index (χ3n) is 4.50. The van der Waals surface area contributed by atoms with Crippen LogP contribution in [0.2, 0.25) is 0 Å². The lowest BCUT2D eigenvalue weighted by molar-refractivity contribution is -0.119. The Kier molecular flexibility index (Phi) is 4.98. The van der Waals surface area contributed by atoms with Crippen LogP contribution in [0.3, 0.4) is 0 Å². The highest BCUT2D eigenvalue weighted by Gasteiger charge is 2.25. The smallest absolute Gasteiger partial charge is 0.267 e. The molecule has 8 heteroatoms. The molecule has 0 bridgehead atoms. The SMILES string of the molecule is CCC(C(=O)Nc1cc(C)ccc1OC)n1c(C)nc2onc(C)c2c1=O. The predicted molar refractivity (Wildman–Crippen MR) is 101 cm³/mol. The number of nitrogens with one attached hydrogen (secondary N) is 1. The van der Waals surface area contributed by atoms with Crippen molar-refractivity contribution in [2.75, 3.05) is 12.4 Å². The minimum absolute atomic E-state index is 0.182. The van der Waals surface area contributed by atoms with Crippen molar-refractivity contribution in [3.63, 3.8) is 0 Å². The van der Waals surface area contributed by atoms with E-state index < -0.39 is 6.04 Å². The summed E-state index contributed by atoms with van der Waals surface area (Å²) in [6.45, 7) is 7.11. The molecule has 0 spiro atoms. The second kappa shape index (κ2) is 7.22. The highest BCUT2D eigenvalue weighted by atomic mass is 16.5. The standard InChI is InChI=1S/C19H22N4O4/c1-6-14(17(24)21-13-9-10(2)7-8-15(13)26-5)23-12(4)20-18-16(19(23)25)11(3)22-27-18/h7-9,14H,6H2,1-5H3,(H,21,24). The van der Waals surface area contributed by atoms with E-state index in [2.05, 4.69) is 15.5 Å². The number of carbonyl (C=O) groups excluding carboxylic acids is 1. The zero-order chi connectivity index (χ0) is 19.7. The Labute approximate surface area is 156 Å². The van der Waals surface area contributed by atoms with Crippen LogP contribution in [0.15, 0.2) is 27.5 Å². The summed E-state index contributed by atoms with van der Waals surface area (Å²) in [6.07, 6.45) is 0.415. The van der Waals surface area contributed by atoms with Crippen LogP contribution in [-0.2, 0) is 4.79 Å². The molecule has 3 aromatic rings. The molecule has 0 aliphatic rings. The summed E-state index contributed by atoms with van der Waals surface area (Å²) in [5, 5.41) is 6.96. The zero-order valence-corrected chi connectivity index (χ0v) is 16.0. The van der Waals surface area contributed by atoms with Crippen molar-refractivity contribution >= 4 is 22.7 Å². The molecule has 142 valence electrons. The maximum Gasteiger partial charge on any atom is 0.267 e. The Morgan fingerprint density at radius 3 is 2.74 bits per heavy atom. The number of methoxy groups -OCH3 is 1. The fraction of sp³-hybridized carbons (Fsp3) is 0.368. The van der Waals surface area contributed by atoms with E-state index in [4.69, 9.17) is 9.26 Å². The van der Waals surface area contributed by atoms with Crippen LogP contribution in [0.1, 0.15) is 36.5 Å². The molecule has 8 nitrogen and oxygen atoms in total. The monoisotopic (exact) mass is 370 g/mol. The summed E-state index contributed by atoms with van der Waals surface area (Å²) in [6, 6.07) is 4.78. The normalized spacial score (nSPS) is 12.2. The fourth-order valence-electron chi connectivity index (χ4n) is 3.14. The van der Waals surface area contributed by atoms with E-state index in [1.165, 1.54) is 4.57 Å². The maximum absolute atomic E-state index is 13.0. The number of hydrogen-bond donors (Lipinski definition) is 1. The fourth-order valence-corrected chi connectivity index (χ4v) is 3.14. The van der Waals surface area contributed by atoms with Crippen LogP contribution < -0.4 is 15.6 Å². The van der Waals surface area contributed by atoms with Gasteiger partial charge in [-0.3, -0.25) is 14.2 Å². The minimum Gasteiger partial charge on any atom is -0.495 e. The Bertz CT molecular complexity index is 1070. The van der Waals surface area contributed by atoms with Gasteiger partial charge in [0.25, 0.3) is 11.3 Å². The number of benzene rings is 1. The van der Waals surface area contributed by atoms with E-state index in [9.17, 15) is 9.59 Å². The van der Waals surface area contributed by atoms with E-state index in [1.54, 1.807) is 27.0 Å². The van der Waals surface area contributed by atoms with Gasteiger partial charge in [-0.15, -0.1) is 0 Å². The van der Waals surface area contributed by atoms with Gasteiger partial charge in [-0.1, -0.05) is 18.1 Å². The first kappa shape index (κ1) is 18.6. The zero-order valence-electron chi connectivity index (χ0n) is 16.0. The van der Waals surface area contributed by atoms with Crippen molar-refractivity contribution in [3.05, 3.63) is 45.6 Å². The molecule has 0 radical (unpaired) electrons. The predicted octanol–water partition coefficient (Wildman–Crippen LogP) is 2.91. The average Bonchev–Trinajstić information content (AvgIpc) is 2.99. The number of carbonyl (C=O) groups is 1. The summed E-state index contributed by atoms with van der Waals surface area (Å²) in [5.74, 6) is 0.625. The van der Waals surface area contributed by atoms with E-state index in [1.807, 2.05) is 26.0 Å². The first-order valence-electron chi connectivity index (χ1n) is 8.68. The second-order valence-corrected chi connectivity index (χ2v) is 6.40. The van der Waals surface area contributed by atoms with Crippen LogP contribution in [0, 0.1) is 20.8 Å². The van der Waals surface area contributed by atoms with E-state index >= 15 is 0 Å². The van der Waals surface area contributed by atoms with E-state index in [0.29, 0.717) is 34.8 Å². The second-order valence-electron chi connectivity index (χ2n) is 6.40. The number of rotatable bonds is 5. The molecule has 1 atom stereocenters. The molecule has 3 rings (SSSR count). The lowest BCUT2D eigenvalue weighted by Gasteiger charge is -2.20. The molecule has 27 heavy (non-hydrogen) atoms. The van der Waals surface area contributed by atoms with Gasteiger partial charge in [0.15, 0.2) is 0 Å². The van der Waals surface area contributed by atoms with E-state index in [-0.39, 0.29) is 17.2 Å². The highest BCUT2D eigenvalue weighted by molar-refractivity contribution is 5.95. The van der Waals surface area contributed by atoms with Crippen molar-refractivity contribution in [2.24, 2.45) is 0 Å². The summed E-state index contributed by atoms with van der Waals surface area (Å²) in [4.78, 5) is 30.3. The topological polar surface area (TPSA) is 99.2 Å². The molecule has 0 saturated carbocycles. The van der Waals surface area contributed by atoms with Gasteiger partial charge in [0.1, 0.15) is 23.0 Å². The number of fused-ring (bicyclic) bond motifs is 1. The summed E-state index contributed by atoms with van der Waals surface area (Å²) < 4.78 is 11.8. The first-order valence-corrected chi connectivity index (χ1v) is 8.68. The number of amides is 1. The van der Waals surface area contributed by atoms with Gasteiger partial charge in [-0.05, 0) is 44.9 Å². The third-order valence-corrected chi connectivity index (χ3v) is 4.50. The number of ether oxygens (including phenoxy) is 1. The van der Waals surface area contributed by atoms with Gasteiger partial charge in [-0.2, -0.15) is 4.98 Å². The van der Waals surface area contributed by atoms with Crippen molar-refractivity contribution < 1.29 is 14.1 Å². The average molecular weight is 370 g/mol. The third kappa shape index (κ3) is 3.30. The summed E-state index contributed by atoms with van der Waals surface area (Å²) in [5.41, 5.74) is 1.83. The summed E-state index contributed by atoms with van der Waals surface area (Å²) in [7, 11) is 1.54. The molecule has 1 unspecified atom stereocenters. The molecule has 0 aliphatic heterocycles. The first-order chi connectivity index (χ1) is 12.9. The molecular weight excluding hydrogens is 348 g/mol. The molecular formula is C19H22N4O4. The Morgan fingerprint density at radius 2 is 2.07 bits per heavy atom. The van der Waals surface area contributed by atoms with Gasteiger partial charge in [0, 0.05) is 0 Å². The molecule has 2 heterocycles. The van der Waals surface area contributed by atoms with Gasteiger partial charge in [0.05, 0.1) is 18.5 Å². The Hall–Kier alpha value is -3.16. The molecule has 0 saturated heterocycles. The van der Waals surface area contributed by atoms with Crippen molar-refractivity contribution in [3.8, 4) is 5.75 Å². The molecule has 1 aromatic carbocycles. The number of aromatic nitrogens is 3. The Balaban J connectivity index is 2.04. The quantitative estimate of drug-likeness (QED) is 0.741. The van der Waals surface area contributed by atoms with Gasteiger partial charge in [0.2, 0.25) is 5.91 Å². The van der Waals surface area contributed by atoms with Crippen LogP contribution in [0.25, 0.3) is 11.1 Å². The maximum atomic E-state index is 13.0. The van der Waals surface area contributed by atoms with Gasteiger partial charge in [-0.25, -0.2) is 0 Å². The number of hydrogen-bond acceptors (Lipinski definition) is 6. The number of aryl methyl sites for hydroxylation is 3. The highest BCUT2D eigenvalue weighted by Crippen LogP contribution is 2.27. The van der Waals surface area contributed by atoms with Crippen molar-refractivity contribution in [1.82, 2.24) is 14.7 Å². The van der Waals surface area contributed by atoms with Gasteiger partial charge >= 0.3 is 0 Å². The van der Waals surface area contributed by atoms with Crippen LogP contribution in [-0.4, -0.2) is 27.7 Å². The Morgan fingerprint density at radius 1 is 1.33 bits per heavy atom. The van der Waals surface area contributed by atoms with Gasteiger partial charge < -0.3 is 14.6 Å². The molecule has 0 fully saturated rings. The minimum atomic E-state index is -0.728. The molecule has 0 aliphatic carbocycles. The number of anilines is 1. The number of nitrogens with zero attached hydrogens (tertiary/aromatic N) is 3. The molecule has 1 N–H and O–H groups in total. The molecule has 2 aromatic heterocycles. The van der Waals surface area contributed by atoms with Crippen LogP contribution >= 0.6 is 0 Å².